The van der Waals surface area contributed by atoms with Crippen LogP contribution in [0.15, 0.2) is 0 Å². The molecule has 1 saturated heterocycles. The van der Waals surface area contributed by atoms with Crippen LogP contribution < -0.4 is 10.6 Å². The van der Waals surface area contributed by atoms with Crippen molar-refractivity contribution in [3.8, 4) is 0 Å². The molecule has 0 aromatic carbocycles. The standard InChI is InChI=1S/C10H21N3O2/c1-3-11-10(14)12-4-5-13(2)6-8-15-9-7-13/h3-9H2,1-2H3,(H-,11,12,14)/p+1. The number of morpholine rings is 1. The monoisotopic (exact) mass is 216 g/mol. The van der Waals surface area contributed by atoms with Gasteiger partial charge in [-0.3, -0.25) is 0 Å². The van der Waals surface area contributed by atoms with Crippen molar-refractivity contribution in [2.24, 2.45) is 0 Å². The molecule has 0 aromatic heterocycles. The summed E-state index contributed by atoms with van der Waals surface area (Å²) in [5, 5.41) is 5.56. The number of ether oxygens (including phenoxy) is 1. The number of nitrogens with one attached hydrogen (secondary N) is 2. The van der Waals surface area contributed by atoms with Gasteiger partial charge in [-0.1, -0.05) is 0 Å². The van der Waals surface area contributed by atoms with Crippen molar-refractivity contribution < 1.29 is 14.0 Å². The summed E-state index contributed by atoms with van der Waals surface area (Å²) in [7, 11) is 2.21. The zero-order valence-corrected chi connectivity index (χ0v) is 9.71. The van der Waals surface area contributed by atoms with Crippen LogP contribution in [0.2, 0.25) is 0 Å². The zero-order chi connectivity index (χ0) is 11.1. The van der Waals surface area contributed by atoms with Crippen molar-refractivity contribution >= 4 is 6.03 Å². The molecule has 0 spiro atoms. The zero-order valence-electron chi connectivity index (χ0n) is 9.71. The number of carbonyl (C=O) groups excluding carboxylic acids is 1. The summed E-state index contributed by atoms with van der Waals surface area (Å²) in [6.45, 7) is 8.02. The van der Waals surface area contributed by atoms with E-state index in [2.05, 4.69) is 17.7 Å². The Kier molecular flexibility index (Phi) is 4.84. The number of likely N-dealkylation sites (N-methyl/N-ethyl adjacent to an activating group) is 1. The third kappa shape index (κ3) is 4.48. The molecule has 0 aliphatic carbocycles. The molecule has 5 heteroatoms. The molecule has 2 N–H and O–H groups in total. The fourth-order valence-electron chi connectivity index (χ4n) is 1.67. The van der Waals surface area contributed by atoms with Crippen molar-refractivity contribution in [3.05, 3.63) is 0 Å². The average Bonchev–Trinajstić information content (AvgIpc) is 2.19. The third-order valence-electron chi connectivity index (χ3n) is 2.83. The predicted molar refractivity (Wildman–Crippen MR) is 58.7 cm³/mol. The van der Waals surface area contributed by atoms with Gasteiger partial charge in [-0.15, -0.1) is 0 Å². The van der Waals surface area contributed by atoms with Crippen LogP contribution in [0.3, 0.4) is 0 Å². The number of amides is 2. The van der Waals surface area contributed by atoms with E-state index in [1.165, 1.54) is 0 Å². The lowest BCUT2D eigenvalue weighted by atomic mass is 10.3. The summed E-state index contributed by atoms with van der Waals surface area (Å²) in [4.78, 5) is 11.1. The second-order valence-corrected chi connectivity index (χ2v) is 4.19. The number of hydrogen-bond donors (Lipinski definition) is 2. The molecule has 15 heavy (non-hydrogen) atoms. The van der Waals surface area contributed by atoms with Crippen molar-refractivity contribution in [3.63, 3.8) is 0 Å². The Bertz CT molecular complexity index is 203. The Morgan fingerprint density at radius 2 is 2.00 bits per heavy atom. The van der Waals surface area contributed by atoms with E-state index >= 15 is 0 Å². The van der Waals surface area contributed by atoms with Gasteiger partial charge in [0.05, 0.1) is 33.4 Å². The lowest BCUT2D eigenvalue weighted by Gasteiger charge is -2.37. The summed E-state index contributed by atoms with van der Waals surface area (Å²) >= 11 is 0. The van der Waals surface area contributed by atoms with Gasteiger partial charge >= 0.3 is 6.03 Å². The molecule has 2 amide bonds. The molecule has 88 valence electrons. The van der Waals surface area contributed by atoms with Gasteiger partial charge < -0.3 is 19.9 Å². The van der Waals surface area contributed by atoms with E-state index in [1.54, 1.807) is 0 Å². The Hall–Kier alpha value is -0.810. The highest BCUT2D eigenvalue weighted by Crippen LogP contribution is 2.05. The molecular formula is C10H22N3O2+. The van der Waals surface area contributed by atoms with Crippen molar-refractivity contribution in [2.45, 2.75) is 6.92 Å². The van der Waals surface area contributed by atoms with Crippen LogP contribution in [0, 0.1) is 0 Å². The molecule has 1 rings (SSSR count). The molecule has 1 aliphatic heterocycles. The van der Waals surface area contributed by atoms with Crippen LogP contribution in [0.1, 0.15) is 6.92 Å². The molecule has 1 heterocycles. The van der Waals surface area contributed by atoms with Crippen LogP contribution in [0.25, 0.3) is 0 Å². The van der Waals surface area contributed by atoms with Crippen LogP contribution in [-0.2, 0) is 4.74 Å². The number of urea groups is 1. The van der Waals surface area contributed by atoms with E-state index in [0.717, 1.165) is 43.9 Å². The molecule has 0 bridgehead atoms. The molecule has 1 fully saturated rings. The molecule has 0 aromatic rings. The Morgan fingerprint density at radius 3 is 2.60 bits per heavy atom. The fourth-order valence-corrected chi connectivity index (χ4v) is 1.67. The minimum atomic E-state index is -0.0719. The first-order chi connectivity index (χ1) is 7.16. The second-order valence-electron chi connectivity index (χ2n) is 4.19. The molecule has 0 atom stereocenters. The Labute approximate surface area is 91.4 Å². The smallest absolute Gasteiger partial charge is 0.314 e. The molecule has 5 nitrogen and oxygen atoms in total. The molecule has 0 unspecified atom stereocenters. The number of hydrogen-bond acceptors (Lipinski definition) is 2. The first-order valence-corrected chi connectivity index (χ1v) is 5.59. The minimum Gasteiger partial charge on any atom is -0.370 e. The molecule has 0 saturated carbocycles. The van der Waals surface area contributed by atoms with Gasteiger partial charge in [0.25, 0.3) is 0 Å². The first kappa shape index (κ1) is 12.3. The second kappa shape index (κ2) is 5.92. The quantitative estimate of drug-likeness (QED) is 0.638. The minimum absolute atomic E-state index is 0.0719. The summed E-state index contributed by atoms with van der Waals surface area (Å²) < 4.78 is 6.31. The van der Waals surface area contributed by atoms with Crippen LogP contribution in [0.4, 0.5) is 4.79 Å². The van der Waals surface area contributed by atoms with E-state index < -0.39 is 0 Å². The number of carbonyl (C=O) groups is 1. The van der Waals surface area contributed by atoms with Crippen molar-refractivity contribution in [1.29, 1.82) is 0 Å². The average molecular weight is 216 g/mol. The maximum Gasteiger partial charge on any atom is 0.314 e. The Morgan fingerprint density at radius 1 is 1.33 bits per heavy atom. The summed E-state index contributed by atoms with van der Waals surface area (Å²) in [5.74, 6) is 0. The molecular weight excluding hydrogens is 194 g/mol. The van der Waals surface area contributed by atoms with Crippen LogP contribution in [-0.4, -0.2) is 63.5 Å². The molecule has 0 radical (unpaired) electrons. The largest absolute Gasteiger partial charge is 0.370 e. The van der Waals surface area contributed by atoms with Gasteiger partial charge in [0.2, 0.25) is 0 Å². The van der Waals surface area contributed by atoms with Crippen LogP contribution >= 0.6 is 0 Å². The maximum atomic E-state index is 11.1. The number of quaternary nitrogens is 1. The highest BCUT2D eigenvalue weighted by atomic mass is 16.5. The maximum absolute atomic E-state index is 11.1. The van der Waals surface area contributed by atoms with Gasteiger partial charge in [-0.2, -0.15) is 0 Å². The van der Waals surface area contributed by atoms with Crippen molar-refractivity contribution in [1.82, 2.24) is 10.6 Å². The first-order valence-electron chi connectivity index (χ1n) is 5.59. The van der Waals surface area contributed by atoms with Crippen molar-refractivity contribution in [2.75, 3.05) is 53.0 Å². The number of rotatable bonds is 4. The van der Waals surface area contributed by atoms with E-state index in [-0.39, 0.29) is 6.03 Å². The highest BCUT2D eigenvalue weighted by molar-refractivity contribution is 5.73. The lowest BCUT2D eigenvalue weighted by Crippen LogP contribution is -2.55. The van der Waals surface area contributed by atoms with E-state index in [4.69, 9.17) is 4.74 Å². The SMILES string of the molecule is CCNC(=O)NCC[N+]1(C)CCOCC1. The lowest BCUT2D eigenvalue weighted by molar-refractivity contribution is -0.915. The van der Waals surface area contributed by atoms with Crippen LogP contribution in [0.5, 0.6) is 0 Å². The topological polar surface area (TPSA) is 50.4 Å². The van der Waals surface area contributed by atoms with E-state index in [9.17, 15) is 4.79 Å². The number of nitrogens with zero attached hydrogens (tertiary/aromatic N) is 1. The fraction of sp³-hybridized carbons (Fsp3) is 0.900. The summed E-state index contributed by atoms with van der Waals surface area (Å²) in [6, 6.07) is -0.0719. The van der Waals surface area contributed by atoms with Gasteiger partial charge in [-0.05, 0) is 6.92 Å². The summed E-state index contributed by atoms with van der Waals surface area (Å²) in [5.41, 5.74) is 0. The normalized spacial score (nSPS) is 19.6. The highest BCUT2D eigenvalue weighted by Gasteiger charge is 2.24. The van der Waals surface area contributed by atoms with Gasteiger partial charge in [0, 0.05) is 6.54 Å². The Balaban J connectivity index is 2.15. The van der Waals surface area contributed by atoms with E-state index in [0.29, 0.717) is 6.54 Å². The molecule has 1 aliphatic rings. The van der Waals surface area contributed by atoms with Gasteiger partial charge in [0.15, 0.2) is 0 Å². The van der Waals surface area contributed by atoms with Gasteiger partial charge in [-0.25, -0.2) is 4.79 Å². The predicted octanol–water partition coefficient (Wildman–Crippen LogP) is -0.218. The van der Waals surface area contributed by atoms with E-state index in [1.807, 2.05) is 6.92 Å². The summed E-state index contributed by atoms with van der Waals surface area (Å²) in [6.07, 6.45) is 0. The van der Waals surface area contributed by atoms with Gasteiger partial charge in [0.1, 0.15) is 13.1 Å². The third-order valence-corrected chi connectivity index (χ3v) is 2.83.